The third-order valence-corrected chi connectivity index (χ3v) is 13.3. The van der Waals surface area contributed by atoms with Crippen LogP contribution in [0.3, 0.4) is 0 Å². The number of amides is 1. The van der Waals surface area contributed by atoms with E-state index in [1.165, 1.54) is 78.2 Å². The number of allylic oxidation sites excluding steroid dienone is 2. The summed E-state index contributed by atoms with van der Waals surface area (Å²) in [6.07, 6.45) is 8.31. The predicted molar refractivity (Wildman–Crippen MR) is 234 cm³/mol. The molecule has 3 fully saturated rings. The number of rotatable bonds is 5. The molecule has 1 saturated carbocycles. The van der Waals surface area contributed by atoms with Gasteiger partial charge in [0.2, 0.25) is 5.78 Å². The van der Waals surface area contributed by atoms with Crippen LogP contribution in [0.25, 0.3) is 11.3 Å². The van der Waals surface area contributed by atoms with E-state index in [1.807, 2.05) is 5.01 Å². The number of carbonyl (C=O) groups is 3. The fourth-order valence-electron chi connectivity index (χ4n) is 9.33. The third-order valence-electron chi connectivity index (χ3n) is 13.3. The summed E-state index contributed by atoms with van der Waals surface area (Å²) in [6.45, 7) is 13.8. The van der Waals surface area contributed by atoms with Crippen LogP contribution in [0.15, 0.2) is 41.2 Å². The Hall–Kier alpha value is -5.18. The number of carbonyl (C=O) groups excluding carboxylic acids is 3. The van der Waals surface area contributed by atoms with E-state index < -0.39 is 100 Å². The lowest BCUT2D eigenvalue weighted by Crippen LogP contribution is -2.47. The van der Waals surface area contributed by atoms with Crippen molar-refractivity contribution in [2.75, 3.05) is 38.6 Å². The Morgan fingerprint density at radius 1 is 0.968 bits per heavy atom. The summed E-state index contributed by atoms with van der Waals surface area (Å²) in [4.78, 5) is 43.2. The van der Waals surface area contributed by atoms with Crippen molar-refractivity contribution in [1.82, 2.24) is 9.91 Å². The summed E-state index contributed by atoms with van der Waals surface area (Å²) in [7, 11) is 1.44. The number of aliphatic hydroxyl groups excluding tert-OH is 3. The van der Waals surface area contributed by atoms with Crippen molar-refractivity contribution in [2.45, 2.75) is 116 Å². The van der Waals surface area contributed by atoms with Gasteiger partial charge in [-0.25, -0.2) is 0 Å². The number of ketones is 1. The van der Waals surface area contributed by atoms with Crippen LogP contribution in [0.2, 0.25) is 0 Å². The lowest BCUT2D eigenvalue weighted by atomic mass is 9.78. The van der Waals surface area contributed by atoms with Gasteiger partial charge in [-0.2, -0.15) is 5.10 Å². The average Bonchev–Trinajstić information content (AvgIpc) is 3.85. The number of nitrogens with zero attached hydrogens (tertiary/aromatic N) is 3. The van der Waals surface area contributed by atoms with Crippen LogP contribution in [0.1, 0.15) is 79.7 Å². The Morgan fingerprint density at radius 2 is 1.65 bits per heavy atom. The van der Waals surface area contributed by atoms with Gasteiger partial charge in [0.15, 0.2) is 17.6 Å². The van der Waals surface area contributed by atoms with E-state index in [4.69, 9.17) is 18.9 Å². The van der Waals surface area contributed by atoms with Gasteiger partial charge in [-0.15, -0.1) is 0 Å². The smallest absolute Gasteiger partial charge is 0.302 e. The van der Waals surface area contributed by atoms with E-state index in [1.54, 1.807) is 39.8 Å². The zero-order chi connectivity index (χ0) is 45.9. The Morgan fingerprint density at radius 3 is 2.30 bits per heavy atom. The van der Waals surface area contributed by atoms with Crippen LogP contribution in [0.5, 0.6) is 11.5 Å². The number of phenolic OH excluding ortho intramolecular Hbond substituents is 2. The third kappa shape index (κ3) is 9.83. The van der Waals surface area contributed by atoms with Crippen LogP contribution in [-0.2, 0) is 33.3 Å². The molecule has 6 N–H and O–H groups in total. The van der Waals surface area contributed by atoms with Crippen LogP contribution in [0, 0.1) is 35.5 Å². The molecule has 4 heterocycles. The molecule has 16 heteroatoms. The van der Waals surface area contributed by atoms with Gasteiger partial charge >= 0.3 is 5.97 Å². The number of Topliss-reactive ketones (excluding diaryl/α,β-unsaturated/α-hetero) is 1. The molecule has 4 unspecified atom stereocenters. The number of anilines is 1. The summed E-state index contributed by atoms with van der Waals surface area (Å²) >= 11 is 0. The van der Waals surface area contributed by atoms with Gasteiger partial charge in [0.1, 0.15) is 11.9 Å². The molecular weight excluding hydrogens is 813 g/mol. The largest absolute Gasteiger partial charge is 0.507 e. The Labute approximate surface area is 368 Å². The first kappa shape index (κ1) is 47.3. The van der Waals surface area contributed by atoms with Gasteiger partial charge in [-0.05, 0) is 31.8 Å². The number of aromatic hydroxyl groups is 2. The molecule has 1 amide bonds. The minimum Gasteiger partial charge on any atom is -0.507 e. The first-order valence-electron chi connectivity index (χ1n) is 21.8. The molecule has 0 radical (unpaired) electrons. The van der Waals surface area contributed by atoms with Gasteiger partial charge in [-0.1, -0.05) is 64.7 Å². The zero-order valence-electron chi connectivity index (χ0n) is 37.3. The fourth-order valence-corrected chi connectivity index (χ4v) is 9.33. The highest BCUT2D eigenvalue weighted by molar-refractivity contribution is 6.23. The minimum absolute atomic E-state index is 0.142. The molecule has 0 spiro atoms. The molecule has 10 atom stereocenters. The summed E-state index contributed by atoms with van der Waals surface area (Å²) in [5.41, 5.74) is -0.475. The first-order valence-corrected chi connectivity index (χ1v) is 21.8. The molecular formula is C47H62N4O12. The van der Waals surface area contributed by atoms with E-state index in [0.717, 1.165) is 13.1 Å². The molecule has 4 aliphatic heterocycles. The minimum atomic E-state index is -2.04. The summed E-state index contributed by atoms with van der Waals surface area (Å²) in [6, 6.07) is 0.547. The number of fused-ring (bicyclic) bond motifs is 14. The molecule has 0 aromatic heterocycles. The molecule has 2 saturated heterocycles. The number of benzene rings is 1. The Bertz CT molecular complexity index is 2250. The second kappa shape index (κ2) is 19.7. The monoisotopic (exact) mass is 874 g/mol. The number of hydrogen-bond donors (Lipinski definition) is 6. The topological polar surface area (TPSA) is 220 Å². The molecule has 2 aliphatic carbocycles. The van der Waals surface area contributed by atoms with E-state index in [-0.39, 0.29) is 27.6 Å². The highest BCUT2D eigenvalue weighted by Crippen LogP contribution is 2.37. The number of methoxy groups -OCH3 is 1. The molecule has 1 aromatic rings. The highest BCUT2D eigenvalue weighted by Gasteiger charge is 2.51. The number of hydrazone groups is 1. The SMILES string of the molecule is COC1/C=C/O[C@@]2(C)OC3C#CC(O)=c4c(O)c(c(/C=N/N5CCN(C6CCCC6)CC5)c(O)c4=C3C2=O)NC(=O)/C(C)=C\C=C\[C@H](C)[C@H](O)[C@@H](C)C(O)[C@@H](C)C(OC(C)=O)[C@@H]1C. The number of aliphatic hydroxyl groups is 3. The molecule has 6 aliphatic rings. The van der Waals surface area contributed by atoms with Gasteiger partial charge in [0.25, 0.3) is 11.7 Å². The number of hydrogen-bond acceptors (Lipinski definition) is 15. The van der Waals surface area contributed by atoms with Crippen molar-refractivity contribution in [2.24, 2.45) is 28.8 Å². The second-order valence-electron chi connectivity index (χ2n) is 17.5. The Balaban J connectivity index is 1.48. The number of piperazine rings is 1. The van der Waals surface area contributed by atoms with Crippen LogP contribution >= 0.6 is 0 Å². The number of nitrogens with one attached hydrogen (secondary N) is 1. The second-order valence-corrected chi connectivity index (χ2v) is 17.5. The molecule has 63 heavy (non-hydrogen) atoms. The number of esters is 1. The maximum atomic E-state index is 14.5. The quantitative estimate of drug-likeness (QED) is 0.0825. The van der Waals surface area contributed by atoms with Gasteiger partial charge < -0.3 is 49.8 Å². The van der Waals surface area contributed by atoms with Crippen molar-refractivity contribution >= 4 is 40.9 Å². The molecule has 16 nitrogen and oxygen atoms in total. The van der Waals surface area contributed by atoms with Crippen LogP contribution in [0.4, 0.5) is 5.69 Å². The van der Waals surface area contributed by atoms with Gasteiger partial charge in [-0.3, -0.25) is 24.3 Å². The summed E-state index contributed by atoms with van der Waals surface area (Å²) in [5.74, 6) is -3.30. The lowest BCUT2D eigenvalue weighted by molar-refractivity contribution is -0.183. The average molecular weight is 875 g/mol. The van der Waals surface area contributed by atoms with Crippen molar-refractivity contribution in [1.29, 1.82) is 0 Å². The highest BCUT2D eigenvalue weighted by atomic mass is 16.7. The maximum absolute atomic E-state index is 14.5. The number of phenols is 2. The van der Waals surface area contributed by atoms with Crippen molar-refractivity contribution in [3.63, 3.8) is 0 Å². The lowest BCUT2D eigenvalue weighted by Gasteiger charge is -2.38. The van der Waals surface area contributed by atoms with E-state index in [0.29, 0.717) is 19.1 Å². The van der Waals surface area contributed by atoms with Crippen molar-refractivity contribution < 1.29 is 58.9 Å². The first-order chi connectivity index (χ1) is 29.9. The van der Waals surface area contributed by atoms with E-state index in [2.05, 4.69) is 27.2 Å². The molecule has 7 rings (SSSR count). The van der Waals surface area contributed by atoms with Crippen LogP contribution in [-0.4, -0.2) is 135 Å². The standard InChI is InChI=1S/C47H62N4O12/c1-25-12-11-13-26(2)46(59)49-39-32(24-48-51-21-19-50(20-22-51)31-14-9-10-15-31)42(56)38-36(43(39)57)33(53)16-17-35-37(38)45(58)47(7,63-35)61-23-18-34(60-8)27(3)44(62-30(6)52)29(5)41(55)28(4)40(25)54/h11-13,18,23-25,27-29,31,34-35,40-41,44,53-57H,9-10,14-15,19-22H2,1-8H3,(H,49,59)/b12-11+,23-18+,26-13-,48-24+/t25-,27+,28+,29+,34?,35?,40-,41?,44?,47-/m0/s1. The van der Waals surface area contributed by atoms with E-state index in [9.17, 15) is 39.9 Å². The van der Waals surface area contributed by atoms with Crippen molar-refractivity contribution in [3.05, 3.63) is 52.1 Å². The maximum Gasteiger partial charge on any atom is 0.302 e. The van der Waals surface area contributed by atoms with Crippen LogP contribution < -0.4 is 15.8 Å². The van der Waals surface area contributed by atoms with E-state index >= 15 is 0 Å². The summed E-state index contributed by atoms with van der Waals surface area (Å²) < 4.78 is 23.6. The molecule has 342 valence electrons. The number of ether oxygens (including phenoxy) is 4. The zero-order valence-corrected chi connectivity index (χ0v) is 37.3. The molecule has 5 bridgehead atoms. The normalized spacial score (nSPS) is 34.4. The Kier molecular flexibility index (Phi) is 14.8. The fraction of sp³-hybridized carbons (Fsp3) is 0.574. The van der Waals surface area contributed by atoms with Gasteiger partial charge in [0, 0.05) is 87.6 Å². The predicted octanol–water partition coefficient (Wildman–Crippen LogP) is 2.71. The van der Waals surface area contributed by atoms with Crippen molar-refractivity contribution in [3.8, 4) is 23.3 Å². The molecule has 1 aromatic carbocycles. The van der Waals surface area contributed by atoms with Gasteiger partial charge in [0.05, 0.1) is 52.8 Å². The summed E-state index contributed by atoms with van der Waals surface area (Å²) in [5, 5.41) is 66.9.